The Labute approximate surface area is 176 Å². The van der Waals surface area contributed by atoms with Crippen LogP contribution in [-0.2, 0) is 0 Å². The van der Waals surface area contributed by atoms with Crippen LogP contribution in [0.2, 0.25) is 0 Å². The SMILES string of the molecule is O=C(O)c1ccc(N(Cl)c2ccccc2C(=O)O)cc1.[NaH].[NaH]. The molecule has 2 rings (SSSR count). The van der Waals surface area contributed by atoms with E-state index < -0.39 is 11.9 Å². The van der Waals surface area contributed by atoms with Crippen molar-refractivity contribution in [1.29, 1.82) is 0 Å². The number of nitrogens with zero attached hydrogens (tertiary/aromatic N) is 1. The summed E-state index contributed by atoms with van der Waals surface area (Å²) in [6.45, 7) is 0. The minimum absolute atomic E-state index is 0. The third-order valence-electron chi connectivity index (χ3n) is 2.69. The molecule has 0 aliphatic rings. The molecule has 5 nitrogen and oxygen atoms in total. The summed E-state index contributed by atoms with van der Waals surface area (Å²) in [6.07, 6.45) is 0. The van der Waals surface area contributed by atoms with Crippen molar-refractivity contribution in [1.82, 2.24) is 0 Å². The number of anilines is 2. The average Bonchev–Trinajstić information content (AvgIpc) is 2.46. The van der Waals surface area contributed by atoms with Crippen molar-refractivity contribution < 1.29 is 19.8 Å². The zero-order chi connectivity index (χ0) is 14.7. The van der Waals surface area contributed by atoms with Gasteiger partial charge in [-0.25, -0.2) is 9.59 Å². The molecule has 0 heterocycles. The number of carbonyl (C=O) groups is 2. The molecule has 22 heavy (non-hydrogen) atoms. The molecule has 8 heteroatoms. The van der Waals surface area contributed by atoms with Crippen LogP contribution in [-0.4, -0.2) is 81.3 Å². The summed E-state index contributed by atoms with van der Waals surface area (Å²) in [5.41, 5.74) is 0.977. The number of hydrogen-bond acceptors (Lipinski definition) is 3. The fraction of sp³-hybridized carbons (Fsp3) is 0. The van der Waals surface area contributed by atoms with Gasteiger partial charge in [-0.3, -0.25) is 4.42 Å². The van der Waals surface area contributed by atoms with E-state index in [2.05, 4.69) is 0 Å². The Morgan fingerprint density at radius 2 is 1.41 bits per heavy atom. The van der Waals surface area contributed by atoms with Gasteiger partial charge in [-0.2, -0.15) is 0 Å². The van der Waals surface area contributed by atoms with Gasteiger partial charge < -0.3 is 10.2 Å². The first kappa shape index (κ1) is 21.5. The molecule has 0 radical (unpaired) electrons. The van der Waals surface area contributed by atoms with Crippen molar-refractivity contribution in [3.63, 3.8) is 0 Å². The van der Waals surface area contributed by atoms with E-state index in [9.17, 15) is 9.59 Å². The van der Waals surface area contributed by atoms with Gasteiger partial charge in [0, 0.05) is 11.8 Å². The number of para-hydroxylation sites is 1. The molecule has 2 N–H and O–H groups in total. The summed E-state index contributed by atoms with van der Waals surface area (Å²) < 4.78 is 1.18. The zero-order valence-corrected chi connectivity index (χ0v) is 10.9. The van der Waals surface area contributed by atoms with Crippen molar-refractivity contribution >= 4 is 94.2 Å². The molecule has 0 saturated heterocycles. The second-order valence-electron chi connectivity index (χ2n) is 3.96. The number of aromatic carboxylic acids is 2. The van der Waals surface area contributed by atoms with Crippen molar-refractivity contribution in [2.45, 2.75) is 0 Å². The van der Waals surface area contributed by atoms with E-state index in [0.29, 0.717) is 11.4 Å². The third-order valence-corrected chi connectivity index (χ3v) is 3.06. The molecule has 0 amide bonds. The number of carboxylic acid groups (broad SMARTS) is 2. The van der Waals surface area contributed by atoms with Gasteiger partial charge in [0.15, 0.2) is 0 Å². The molecule has 0 fully saturated rings. The van der Waals surface area contributed by atoms with Gasteiger partial charge >= 0.3 is 71.1 Å². The molecular weight excluding hydrogens is 328 g/mol. The van der Waals surface area contributed by atoms with E-state index in [0.717, 1.165) is 0 Å². The summed E-state index contributed by atoms with van der Waals surface area (Å²) in [5, 5.41) is 17.9. The third kappa shape index (κ3) is 4.99. The van der Waals surface area contributed by atoms with Crippen LogP contribution < -0.4 is 4.42 Å². The van der Waals surface area contributed by atoms with Crippen LogP contribution in [0.15, 0.2) is 48.5 Å². The number of halogens is 1. The molecule has 2 aromatic rings. The van der Waals surface area contributed by atoms with E-state index in [-0.39, 0.29) is 70.2 Å². The molecular formula is C14H12ClNNa2O4. The Balaban J connectivity index is 0.00000220. The number of hydrogen-bond donors (Lipinski definition) is 2. The molecule has 106 valence electrons. The topological polar surface area (TPSA) is 77.8 Å². The molecule has 0 bridgehead atoms. The van der Waals surface area contributed by atoms with Crippen LogP contribution >= 0.6 is 11.8 Å². The predicted molar refractivity (Wildman–Crippen MR) is 89.1 cm³/mol. The first-order chi connectivity index (χ1) is 9.50. The first-order valence-corrected chi connectivity index (χ1v) is 5.96. The molecule has 0 spiro atoms. The van der Waals surface area contributed by atoms with E-state index in [1.807, 2.05) is 0 Å². The van der Waals surface area contributed by atoms with Gasteiger partial charge in [0.1, 0.15) is 0 Å². The normalized spacial score (nSPS) is 9.14. The fourth-order valence-corrected chi connectivity index (χ4v) is 1.96. The molecule has 2 aromatic carbocycles. The minimum atomic E-state index is -1.09. The molecule has 0 saturated carbocycles. The van der Waals surface area contributed by atoms with Gasteiger partial charge in [0.05, 0.1) is 22.5 Å². The molecule has 0 aromatic heterocycles. The first-order valence-electron chi connectivity index (χ1n) is 5.62. The second kappa shape index (κ2) is 9.57. The van der Waals surface area contributed by atoms with E-state index in [1.54, 1.807) is 18.2 Å². The monoisotopic (exact) mass is 339 g/mol. The number of carboxylic acids is 2. The van der Waals surface area contributed by atoms with Gasteiger partial charge in [0.25, 0.3) is 0 Å². The van der Waals surface area contributed by atoms with Crippen LogP contribution in [0.3, 0.4) is 0 Å². The number of rotatable bonds is 4. The van der Waals surface area contributed by atoms with Gasteiger partial charge in [-0.05, 0) is 36.4 Å². The Morgan fingerprint density at radius 3 is 1.91 bits per heavy atom. The summed E-state index contributed by atoms with van der Waals surface area (Å²) >= 11 is 6.14. The fourth-order valence-electron chi connectivity index (χ4n) is 1.70. The Hall–Kier alpha value is -0.530. The molecule has 0 atom stereocenters. The zero-order valence-electron chi connectivity index (χ0n) is 10.2. The maximum atomic E-state index is 11.1. The summed E-state index contributed by atoms with van der Waals surface area (Å²) in [4.78, 5) is 21.9. The predicted octanol–water partition coefficient (Wildman–Crippen LogP) is 2.08. The van der Waals surface area contributed by atoms with Crippen molar-refractivity contribution in [2.75, 3.05) is 4.42 Å². The maximum absolute atomic E-state index is 11.1. The molecule has 0 unspecified atom stereocenters. The average molecular weight is 340 g/mol. The second-order valence-corrected chi connectivity index (χ2v) is 4.29. The van der Waals surface area contributed by atoms with Crippen molar-refractivity contribution in [3.8, 4) is 0 Å². The van der Waals surface area contributed by atoms with Gasteiger partial charge in [-0.1, -0.05) is 12.1 Å². The molecule has 0 aliphatic heterocycles. The van der Waals surface area contributed by atoms with Crippen molar-refractivity contribution in [3.05, 3.63) is 59.7 Å². The van der Waals surface area contributed by atoms with Crippen LogP contribution in [0, 0.1) is 0 Å². The Bertz CT molecular complexity index is 664. The molecule has 0 aliphatic carbocycles. The Kier molecular flexibility index (Phi) is 9.34. The number of benzene rings is 2. The van der Waals surface area contributed by atoms with Crippen molar-refractivity contribution in [2.24, 2.45) is 0 Å². The quantitative estimate of drug-likeness (QED) is 0.658. The van der Waals surface area contributed by atoms with Gasteiger partial charge in [0.2, 0.25) is 0 Å². The van der Waals surface area contributed by atoms with E-state index >= 15 is 0 Å². The van der Waals surface area contributed by atoms with Crippen LogP contribution in [0.25, 0.3) is 0 Å². The van der Waals surface area contributed by atoms with E-state index in [4.69, 9.17) is 22.0 Å². The summed E-state index contributed by atoms with van der Waals surface area (Å²) in [6, 6.07) is 12.1. The standard InChI is InChI=1S/C14H10ClNO4.2Na.2H/c15-16(10-7-5-9(6-8-10)13(17)18)12-4-2-1-3-11(12)14(19)20;;;;/h1-8H,(H,17,18)(H,19,20);;;;. The Morgan fingerprint density at radius 1 is 0.864 bits per heavy atom. The van der Waals surface area contributed by atoms with Gasteiger partial charge in [-0.15, -0.1) is 0 Å². The van der Waals surface area contributed by atoms with E-state index in [1.165, 1.54) is 34.8 Å². The van der Waals surface area contributed by atoms with Crippen LogP contribution in [0.5, 0.6) is 0 Å². The van der Waals surface area contributed by atoms with Crippen LogP contribution in [0.4, 0.5) is 11.4 Å². The summed E-state index contributed by atoms with van der Waals surface area (Å²) in [5.74, 6) is -2.13. The summed E-state index contributed by atoms with van der Waals surface area (Å²) in [7, 11) is 0. The van der Waals surface area contributed by atoms with Crippen LogP contribution in [0.1, 0.15) is 20.7 Å².